The molecule has 94 valence electrons. The van der Waals surface area contributed by atoms with Crippen LogP contribution in [-0.4, -0.2) is 30.7 Å². The number of nitrogens with two attached hydrogens (primary N) is 1. The Hall–Kier alpha value is -0.610. The quantitative estimate of drug-likeness (QED) is 0.717. The molecule has 16 heavy (non-hydrogen) atoms. The van der Waals surface area contributed by atoms with E-state index in [9.17, 15) is 4.79 Å². The summed E-state index contributed by atoms with van der Waals surface area (Å²) >= 11 is 0. The van der Waals surface area contributed by atoms with Crippen molar-refractivity contribution in [2.24, 2.45) is 5.73 Å². The van der Waals surface area contributed by atoms with Crippen molar-refractivity contribution in [3.05, 3.63) is 0 Å². The molecule has 3 N–H and O–H groups in total. The fourth-order valence-corrected chi connectivity index (χ4v) is 2.13. The molecule has 1 aliphatic rings. The molecule has 3 unspecified atom stereocenters. The van der Waals surface area contributed by atoms with Crippen LogP contribution in [0.5, 0.6) is 0 Å². The van der Waals surface area contributed by atoms with Gasteiger partial charge in [0, 0.05) is 25.1 Å². The lowest BCUT2D eigenvalue weighted by Gasteiger charge is -2.16. The average Bonchev–Trinajstić information content (AvgIpc) is 2.65. The normalized spacial score (nSPS) is 24.1. The molecule has 3 atom stereocenters. The van der Waals surface area contributed by atoms with Crippen LogP contribution in [0.2, 0.25) is 0 Å². The summed E-state index contributed by atoms with van der Waals surface area (Å²) in [4.78, 5) is 11.6. The summed E-state index contributed by atoms with van der Waals surface area (Å²) < 4.78 is 5.47. The van der Waals surface area contributed by atoms with E-state index in [0.717, 1.165) is 32.3 Å². The van der Waals surface area contributed by atoms with Crippen LogP contribution >= 0.6 is 0 Å². The SMILES string of the molecule is CC(N)CC(C)NC(=O)CCC1CCCO1. The highest BCUT2D eigenvalue weighted by molar-refractivity contribution is 5.76. The van der Waals surface area contributed by atoms with Crippen LogP contribution in [-0.2, 0) is 9.53 Å². The number of hydrogen-bond donors (Lipinski definition) is 2. The summed E-state index contributed by atoms with van der Waals surface area (Å²) in [6, 6.07) is 0.297. The monoisotopic (exact) mass is 228 g/mol. The molecule has 1 saturated heterocycles. The van der Waals surface area contributed by atoms with E-state index in [1.165, 1.54) is 0 Å². The van der Waals surface area contributed by atoms with Gasteiger partial charge in [-0.2, -0.15) is 0 Å². The third-order valence-corrected chi connectivity index (χ3v) is 2.85. The second-order valence-electron chi connectivity index (χ2n) is 4.86. The van der Waals surface area contributed by atoms with Gasteiger partial charge in [0.05, 0.1) is 6.10 Å². The Morgan fingerprint density at radius 2 is 2.31 bits per heavy atom. The lowest BCUT2D eigenvalue weighted by molar-refractivity contribution is -0.122. The summed E-state index contributed by atoms with van der Waals surface area (Å²) in [6.07, 6.45) is 4.77. The molecule has 1 rings (SSSR count). The minimum Gasteiger partial charge on any atom is -0.378 e. The van der Waals surface area contributed by atoms with Gasteiger partial charge in [-0.25, -0.2) is 0 Å². The zero-order valence-electron chi connectivity index (χ0n) is 10.4. The van der Waals surface area contributed by atoms with Gasteiger partial charge in [0.1, 0.15) is 0 Å². The minimum atomic E-state index is 0.114. The van der Waals surface area contributed by atoms with E-state index in [-0.39, 0.29) is 18.0 Å². The molecule has 0 bridgehead atoms. The smallest absolute Gasteiger partial charge is 0.220 e. The van der Waals surface area contributed by atoms with Gasteiger partial charge in [-0.15, -0.1) is 0 Å². The summed E-state index contributed by atoms with van der Waals surface area (Å²) in [5, 5.41) is 2.96. The maximum Gasteiger partial charge on any atom is 0.220 e. The van der Waals surface area contributed by atoms with Crippen LogP contribution in [0.1, 0.15) is 46.0 Å². The summed E-state index contributed by atoms with van der Waals surface area (Å²) in [5.74, 6) is 0.114. The zero-order valence-corrected chi connectivity index (χ0v) is 10.4. The summed E-state index contributed by atoms with van der Waals surface area (Å²) in [6.45, 7) is 4.80. The van der Waals surface area contributed by atoms with Gasteiger partial charge in [0.25, 0.3) is 0 Å². The van der Waals surface area contributed by atoms with Crippen molar-refractivity contribution in [2.45, 2.75) is 64.1 Å². The van der Waals surface area contributed by atoms with Gasteiger partial charge < -0.3 is 15.8 Å². The summed E-state index contributed by atoms with van der Waals surface area (Å²) in [7, 11) is 0. The second kappa shape index (κ2) is 6.86. The highest BCUT2D eigenvalue weighted by Crippen LogP contribution is 2.16. The van der Waals surface area contributed by atoms with Crippen molar-refractivity contribution < 1.29 is 9.53 Å². The van der Waals surface area contributed by atoms with E-state index >= 15 is 0 Å². The maximum absolute atomic E-state index is 11.6. The molecule has 1 heterocycles. The standard InChI is InChI=1S/C12H24N2O2/c1-9(13)8-10(2)14-12(15)6-5-11-4-3-7-16-11/h9-11H,3-8,13H2,1-2H3,(H,14,15). The Kier molecular flexibility index (Phi) is 5.77. The fourth-order valence-electron chi connectivity index (χ4n) is 2.13. The Morgan fingerprint density at radius 1 is 1.56 bits per heavy atom. The van der Waals surface area contributed by atoms with Crippen LogP contribution in [0.3, 0.4) is 0 Å². The lowest BCUT2D eigenvalue weighted by Crippen LogP contribution is -2.36. The first-order valence-electron chi connectivity index (χ1n) is 6.24. The van der Waals surface area contributed by atoms with E-state index < -0.39 is 0 Å². The van der Waals surface area contributed by atoms with E-state index in [4.69, 9.17) is 10.5 Å². The Labute approximate surface area is 97.9 Å². The van der Waals surface area contributed by atoms with Crippen molar-refractivity contribution in [3.8, 4) is 0 Å². The fraction of sp³-hybridized carbons (Fsp3) is 0.917. The molecule has 0 saturated carbocycles. The van der Waals surface area contributed by atoms with Gasteiger partial charge >= 0.3 is 0 Å². The molecule has 4 heteroatoms. The molecule has 0 aliphatic carbocycles. The first-order valence-corrected chi connectivity index (χ1v) is 6.24. The van der Waals surface area contributed by atoms with Crippen LogP contribution in [0.25, 0.3) is 0 Å². The third kappa shape index (κ3) is 5.47. The van der Waals surface area contributed by atoms with Gasteiger partial charge in [-0.05, 0) is 39.5 Å². The van der Waals surface area contributed by atoms with Gasteiger partial charge in [-0.1, -0.05) is 0 Å². The molecule has 0 aromatic rings. The van der Waals surface area contributed by atoms with Crippen molar-refractivity contribution in [2.75, 3.05) is 6.61 Å². The van der Waals surface area contributed by atoms with Crippen LogP contribution in [0, 0.1) is 0 Å². The summed E-state index contributed by atoms with van der Waals surface area (Å²) in [5.41, 5.74) is 5.67. The van der Waals surface area contributed by atoms with Crippen LogP contribution in [0.15, 0.2) is 0 Å². The number of hydrogen-bond acceptors (Lipinski definition) is 3. The van der Waals surface area contributed by atoms with Gasteiger partial charge in [0.15, 0.2) is 0 Å². The molecule has 0 spiro atoms. The molecule has 1 aliphatic heterocycles. The first-order chi connectivity index (χ1) is 7.58. The number of carbonyl (C=O) groups excluding carboxylic acids is 1. The Balaban J connectivity index is 2.09. The molecule has 0 aromatic heterocycles. The molecule has 1 fully saturated rings. The zero-order chi connectivity index (χ0) is 12.0. The molecule has 0 radical (unpaired) electrons. The first kappa shape index (κ1) is 13.5. The number of rotatable bonds is 6. The van der Waals surface area contributed by atoms with Crippen molar-refractivity contribution in [1.29, 1.82) is 0 Å². The highest BCUT2D eigenvalue weighted by atomic mass is 16.5. The topological polar surface area (TPSA) is 64.3 Å². The predicted molar refractivity (Wildman–Crippen MR) is 64.1 cm³/mol. The average molecular weight is 228 g/mol. The molecule has 4 nitrogen and oxygen atoms in total. The van der Waals surface area contributed by atoms with E-state index in [1.807, 2.05) is 13.8 Å². The second-order valence-corrected chi connectivity index (χ2v) is 4.86. The van der Waals surface area contributed by atoms with Crippen LogP contribution in [0.4, 0.5) is 0 Å². The number of ether oxygens (including phenoxy) is 1. The third-order valence-electron chi connectivity index (χ3n) is 2.85. The largest absolute Gasteiger partial charge is 0.378 e. The Bertz CT molecular complexity index is 213. The Morgan fingerprint density at radius 3 is 2.88 bits per heavy atom. The van der Waals surface area contributed by atoms with Gasteiger partial charge in [0.2, 0.25) is 5.91 Å². The van der Waals surface area contributed by atoms with Crippen molar-refractivity contribution in [3.63, 3.8) is 0 Å². The molecule has 0 aromatic carbocycles. The molecule has 1 amide bonds. The van der Waals surface area contributed by atoms with E-state index in [0.29, 0.717) is 12.5 Å². The number of carbonyl (C=O) groups is 1. The predicted octanol–water partition coefficient (Wildman–Crippen LogP) is 1.19. The molecular weight excluding hydrogens is 204 g/mol. The molecular formula is C12H24N2O2. The maximum atomic E-state index is 11.6. The van der Waals surface area contributed by atoms with Crippen molar-refractivity contribution >= 4 is 5.91 Å². The van der Waals surface area contributed by atoms with E-state index in [2.05, 4.69) is 5.32 Å². The lowest BCUT2D eigenvalue weighted by atomic mass is 10.1. The van der Waals surface area contributed by atoms with Crippen molar-refractivity contribution in [1.82, 2.24) is 5.32 Å². The van der Waals surface area contributed by atoms with E-state index in [1.54, 1.807) is 0 Å². The highest BCUT2D eigenvalue weighted by Gasteiger charge is 2.17. The minimum absolute atomic E-state index is 0.114. The number of amides is 1. The number of nitrogens with one attached hydrogen (secondary N) is 1. The van der Waals surface area contributed by atoms with Gasteiger partial charge in [-0.3, -0.25) is 4.79 Å². The van der Waals surface area contributed by atoms with Crippen LogP contribution < -0.4 is 11.1 Å².